The Morgan fingerprint density at radius 3 is 2.72 bits per heavy atom. The molecule has 3 rings (SSSR count). The van der Waals surface area contributed by atoms with Gasteiger partial charge in [-0.15, -0.1) is 11.8 Å². The number of aromatic nitrogens is 1. The third-order valence-corrected chi connectivity index (χ3v) is 5.04. The lowest BCUT2D eigenvalue weighted by Gasteiger charge is -2.09. The van der Waals surface area contributed by atoms with Crippen molar-refractivity contribution in [2.24, 2.45) is 0 Å². The van der Waals surface area contributed by atoms with Crippen LogP contribution in [0.3, 0.4) is 0 Å². The zero-order chi connectivity index (χ0) is 17.8. The van der Waals surface area contributed by atoms with E-state index in [1.54, 1.807) is 18.2 Å². The molecule has 0 radical (unpaired) electrons. The second-order valence-electron chi connectivity index (χ2n) is 5.26. The highest BCUT2D eigenvalue weighted by atomic mass is 32.2. The Morgan fingerprint density at radius 2 is 2.00 bits per heavy atom. The number of Topliss-reactive ketones (excluding diaryl/α,β-unsaturated/α-hetero) is 1. The fraction of sp³-hybridized carbons (Fsp3) is 0.167. The van der Waals surface area contributed by atoms with Crippen LogP contribution in [-0.4, -0.2) is 28.7 Å². The molecule has 0 saturated carbocycles. The second kappa shape index (κ2) is 7.76. The van der Waals surface area contributed by atoms with Gasteiger partial charge < -0.3 is 9.73 Å². The molecule has 1 aromatic heterocycles. The molecule has 25 heavy (non-hydrogen) atoms. The van der Waals surface area contributed by atoms with Crippen molar-refractivity contribution in [3.63, 3.8) is 0 Å². The zero-order valence-corrected chi connectivity index (χ0v) is 15.4. The number of nitrogens with one attached hydrogen (secondary N) is 1. The summed E-state index contributed by atoms with van der Waals surface area (Å²) in [6.07, 6.45) is 1.90. The Hall–Kier alpha value is -2.25. The fourth-order valence-corrected chi connectivity index (χ4v) is 3.60. The van der Waals surface area contributed by atoms with E-state index in [4.69, 9.17) is 4.42 Å². The normalized spacial score (nSPS) is 10.8. The number of nitrogens with zero attached hydrogens (tertiary/aromatic N) is 1. The van der Waals surface area contributed by atoms with Crippen LogP contribution in [0, 0.1) is 0 Å². The van der Waals surface area contributed by atoms with Crippen LogP contribution in [0.2, 0.25) is 0 Å². The topological polar surface area (TPSA) is 72.2 Å². The van der Waals surface area contributed by atoms with Crippen molar-refractivity contribution in [1.82, 2.24) is 4.98 Å². The van der Waals surface area contributed by atoms with Gasteiger partial charge in [0, 0.05) is 17.4 Å². The highest BCUT2D eigenvalue weighted by Crippen LogP contribution is 2.28. The minimum Gasteiger partial charge on any atom is -0.431 e. The SMILES string of the molecule is CSc1cc(C(=O)CSc2nc3ccccc3o2)ccc1NC(C)=O. The lowest BCUT2D eigenvalue weighted by Crippen LogP contribution is -2.08. The van der Waals surface area contributed by atoms with Crippen LogP contribution in [0.4, 0.5) is 5.69 Å². The van der Waals surface area contributed by atoms with Crippen LogP contribution in [0.5, 0.6) is 0 Å². The molecule has 7 heteroatoms. The van der Waals surface area contributed by atoms with E-state index < -0.39 is 0 Å². The van der Waals surface area contributed by atoms with Gasteiger partial charge in [-0.3, -0.25) is 9.59 Å². The van der Waals surface area contributed by atoms with Crippen LogP contribution in [0.25, 0.3) is 11.1 Å². The van der Waals surface area contributed by atoms with Gasteiger partial charge in [-0.25, -0.2) is 4.98 Å². The largest absolute Gasteiger partial charge is 0.431 e. The predicted octanol–water partition coefficient (Wildman–Crippen LogP) is 4.48. The minimum absolute atomic E-state index is 0.0167. The third kappa shape index (κ3) is 4.24. The molecule has 0 fully saturated rings. The van der Waals surface area contributed by atoms with E-state index in [-0.39, 0.29) is 17.4 Å². The lowest BCUT2D eigenvalue weighted by molar-refractivity contribution is -0.114. The average Bonchev–Trinajstić information content (AvgIpc) is 3.02. The van der Waals surface area contributed by atoms with Crippen LogP contribution in [-0.2, 0) is 4.79 Å². The number of anilines is 1. The second-order valence-corrected chi connectivity index (χ2v) is 7.03. The van der Waals surface area contributed by atoms with Crippen molar-refractivity contribution in [1.29, 1.82) is 0 Å². The molecule has 0 saturated heterocycles. The number of carbonyl (C=O) groups excluding carboxylic acids is 2. The van der Waals surface area contributed by atoms with Gasteiger partial charge in [-0.1, -0.05) is 23.9 Å². The number of amides is 1. The van der Waals surface area contributed by atoms with Gasteiger partial charge in [-0.2, -0.15) is 0 Å². The molecule has 0 atom stereocenters. The first-order valence-corrected chi connectivity index (χ1v) is 9.75. The Morgan fingerprint density at radius 1 is 1.20 bits per heavy atom. The van der Waals surface area contributed by atoms with Crippen molar-refractivity contribution in [3.8, 4) is 0 Å². The number of hydrogen-bond acceptors (Lipinski definition) is 6. The summed E-state index contributed by atoms with van der Waals surface area (Å²) in [5.74, 6) is 0.0814. The molecule has 0 aliphatic rings. The van der Waals surface area contributed by atoms with Gasteiger partial charge in [0.15, 0.2) is 11.4 Å². The van der Waals surface area contributed by atoms with Crippen LogP contribution < -0.4 is 5.32 Å². The van der Waals surface area contributed by atoms with Gasteiger partial charge in [0.1, 0.15) is 5.52 Å². The summed E-state index contributed by atoms with van der Waals surface area (Å²) in [7, 11) is 0. The zero-order valence-electron chi connectivity index (χ0n) is 13.7. The van der Waals surface area contributed by atoms with Gasteiger partial charge in [0.25, 0.3) is 5.22 Å². The fourth-order valence-electron chi connectivity index (χ4n) is 2.28. The molecule has 3 aromatic rings. The molecule has 5 nitrogen and oxygen atoms in total. The third-order valence-electron chi connectivity index (χ3n) is 3.44. The van der Waals surface area contributed by atoms with Crippen molar-refractivity contribution in [2.45, 2.75) is 17.0 Å². The highest BCUT2D eigenvalue weighted by Gasteiger charge is 2.13. The number of rotatable bonds is 6. The smallest absolute Gasteiger partial charge is 0.257 e. The van der Waals surface area contributed by atoms with Gasteiger partial charge in [-0.05, 0) is 36.6 Å². The average molecular weight is 372 g/mol. The maximum absolute atomic E-state index is 12.4. The number of oxazole rings is 1. The number of para-hydroxylation sites is 2. The Bertz CT molecular complexity index is 904. The number of benzene rings is 2. The molecule has 0 bridgehead atoms. The van der Waals surface area contributed by atoms with E-state index in [0.29, 0.717) is 22.1 Å². The predicted molar refractivity (Wildman–Crippen MR) is 102 cm³/mol. The number of carbonyl (C=O) groups is 2. The number of ketones is 1. The van der Waals surface area contributed by atoms with Crippen molar-refractivity contribution in [2.75, 3.05) is 17.3 Å². The highest BCUT2D eigenvalue weighted by molar-refractivity contribution is 7.99. The van der Waals surface area contributed by atoms with Gasteiger partial charge >= 0.3 is 0 Å². The molecular formula is C18H16N2O3S2. The van der Waals surface area contributed by atoms with Crippen LogP contribution >= 0.6 is 23.5 Å². The van der Waals surface area contributed by atoms with E-state index >= 15 is 0 Å². The van der Waals surface area contributed by atoms with E-state index in [0.717, 1.165) is 10.4 Å². The molecular weight excluding hydrogens is 356 g/mol. The number of fused-ring (bicyclic) bond motifs is 1. The summed E-state index contributed by atoms with van der Waals surface area (Å²) in [5, 5.41) is 3.24. The first-order chi connectivity index (χ1) is 12.1. The summed E-state index contributed by atoms with van der Waals surface area (Å²) in [4.78, 5) is 28.9. The summed E-state index contributed by atoms with van der Waals surface area (Å²) < 4.78 is 5.61. The molecule has 0 aliphatic carbocycles. The number of hydrogen-bond donors (Lipinski definition) is 1. The lowest BCUT2D eigenvalue weighted by atomic mass is 10.1. The molecule has 1 amide bonds. The van der Waals surface area contributed by atoms with Gasteiger partial charge in [0.05, 0.1) is 11.4 Å². The van der Waals surface area contributed by atoms with Gasteiger partial charge in [0.2, 0.25) is 5.91 Å². The van der Waals surface area contributed by atoms with E-state index in [1.807, 2.05) is 30.5 Å². The van der Waals surface area contributed by atoms with E-state index in [9.17, 15) is 9.59 Å². The summed E-state index contributed by atoms with van der Waals surface area (Å²) in [5.41, 5.74) is 2.80. The molecule has 128 valence electrons. The first-order valence-electron chi connectivity index (χ1n) is 7.54. The quantitative estimate of drug-likeness (QED) is 0.508. The van der Waals surface area contributed by atoms with Crippen molar-refractivity contribution in [3.05, 3.63) is 48.0 Å². The standard InChI is InChI=1S/C18H16N2O3S2/c1-11(21)19-14-8-7-12(9-17(14)24-2)15(22)10-25-18-20-13-5-3-4-6-16(13)23-18/h3-9H,10H2,1-2H3,(H,19,21). The molecule has 2 aromatic carbocycles. The van der Waals surface area contributed by atoms with Crippen LogP contribution in [0.1, 0.15) is 17.3 Å². The van der Waals surface area contributed by atoms with Crippen molar-refractivity contribution < 1.29 is 14.0 Å². The summed E-state index contributed by atoms with van der Waals surface area (Å²) in [6.45, 7) is 1.46. The maximum atomic E-state index is 12.4. The van der Waals surface area contributed by atoms with Crippen molar-refractivity contribution >= 4 is 52.0 Å². The van der Waals surface area contributed by atoms with Crippen LogP contribution in [0.15, 0.2) is 57.0 Å². The minimum atomic E-state index is -0.138. The molecule has 1 heterocycles. The Balaban J connectivity index is 1.71. The summed E-state index contributed by atoms with van der Waals surface area (Å²) in [6, 6.07) is 12.8. The molecule has 0 aliphatic heterocycles. The molecule has 0 unspecified atom stereocenters. The monoisotopic (exact) mass is 372 g/mol. The maximum Gasteiger partial charge on any atom is 0.257 e. The Labute approximate surface area is 153 Å². The number of thioether (sulfide) groups is 2. The molecule has 0 spiro atoms. The Kier molecular flexibility index (Phi) is 5.45. The van der Waals surface area contributed by atoms with E-state index in [1.165, 1.54) is 30.4 Å². The van der Waals surface area contributed by atoms with E-state index in [2.05, 4.69) is 10.3 Å². The molecule has 1 N–H and O–H groups in total. The first kappa shape index (κ1) is 17.6. The summed E-state index contributed by atoms with van der Waals surface area (Å²) >= 11 is 2.76.